The number of carbonyl (C=O) groups excluding carboxylic acids is 5. The average molecular weight is 535 g/mol. The van der Waals surface area contributed by atoms with Gasteiger partial charge >= 0.3 is 6.09 Å². The van der Waals surface area contributed by atoms with Crippen molar-refractivity contribution in [2.75, 3.05) is 13.2 Å². The number of nitrogens with zero attached hydrogens (tertiary/aromatic N) is 1. The number of ether oxygens (including phenoxy) is 2. The summed E-state index contributed by atoms with van der Waals surface area (Å²) in [7, 11) is 0. The van der Waals surface area contributed by atoms with Crippen LogP contribution in [0, 0.1) is 28.6 Å². The first kappa shape index (κ1) is 28.3. The summed E-state index contributed by atoms with van der Waals surface area (Å²) in [5.74, 6) is -3.44. The molecule has 0 bridgehead atoms. The summed E-state index contributed by atoms with van der Waals surface area (Å²) in [5, 5.41) is 5.48. The molecule has 0 aromatic heterocycles. The minimum atomic E-state index is -1.09. The van der Waals surface area contributed by atoms with Gasteiger partial charge in [0.2, 0.25) is 23.4 Å². The molecule has 4 aliphatic rings. The van der Waals surface area contributed by atoms with Crippen LogP contribution in [0.3, 0.4) is 0 Å². The lowest BCUT2D eigenvalue weighted by Gasteiger charge is -2.37. The van der Waals surface area contributed by atoms with Gasteiger partial charge in [-0.1, -0.05) is 47.5 Å². The van der Waals surface area contributed by atoms with Gasteiger partial charge in [0.25, 0.3) is 5.91 Å². The molecule has 4 fully saturated rings. The molecule has 0 aromatic carbocycles. The largest absolute Gasteiger partial charge is 0.417 e. The van der Waals surface area contributed by atoms with Crippen molar-refractivity contribution in [2.45, 2.75) is 97.6 Å². The van der Waals surface area contributed by atoms with Gasteiger partial charge < -0.3 is 30.7 Å². The molecule has 4 rings (SSSR count). The zero-order chi connectivity index (χ0) is 28.2. The van der Waals surface area contributed by atoms with Crippen molar-refractivity contribution in [3.63, 3.8) is 0 Å². The minimum absolute atomic E-state index is 0.100. The van der Waals surface area contributed by atoms with Crippen molar-refractivity contribution in [1.29, 1.82) is 0 Å². The summed E-state index contributed by atoms with van der Waals surface area (Å²) in [6.45, 7) is 12.2. The fraction of sp³-hybridized carbons (Fsp3) is 0.815. The molecule has 0 aromatic rings. The van der Waals surface area contributed by atoms with Crippen LogP contribution in [0.5, 0.6) is 0 Å². The number of hydrogen-bond acceptors (Lipinski definition) is 7. The second kappa shape index (κ2) is 9.81. The van der Waals surface area contributed by atoms with Crippen LogP contribution < -0.4 is 16.4 Å². The van der Waals surface area contributed by atoms with Crippen molar-refractivity contribution in [3.05, 3.63) is 0 Å². The summed E-state index contributed by atoms with van der Waals surface area (Å²) >= 11 is 0. The third kappa shape index (κ3) is 5.67. The van der Waals surface area contributed by atoms with Crippen LogP contribution in [0.1, 0.15) is 73.6 Å². The number of nitrogens with one attached hydrogen (secondary N) is 2. The molecule has 0 radical (unpaired) electrons. The molecule has 1 unspecified atom stereocenters. The Labute approximate surface area is 223 Å². The Hall–Kier alpha value is -2.69. The SMILES string of the molecule is CCOC1(OC(=O)N[C@H](C(=O)N2C[C@H]3[C@@H]([C@H]2C(=O)NC(CC2CC2)C(=O)C(N)=O)C3(C)C)C(C)(C)C)CC1. The van der Waals surface area contributed by atoms with E-state index < -0.39 is 53.0 Å². The van der Waals surface area contributed by atoms with E-state index in [2.05, 4.69) is 24.5 Å². The standard InChI is InChI=1S/C27H42N4O7/c1-7-37-27(10-11-27)38-24(36)30-20(25(2,3)4)23(35)31-13-15-17(26(15,5)6)18(31)22(34)29-16(12-14-8-9-14)19(32)21(28)33/h14-18,20H,7-13H2,1-6H3,(H2,28,33)(H,29,34)(H,30,36)/t15-,16?,17-,18-,20+/m0/s1. The first-order valence-electron chi connectivity index (χ1n) is 13.7. The molecule has 4 N–H and O–H groups in total. The molecule has 0 spiro atoms. The molecule has 3 saturated carbocycles. The Morgan fingerprint density at radius 2 is 1.71 bits per heavy atom. The van der Waals surface area contributed by atoms with E-state index in [-0.39, 0.29) is 29.1 Å². The molecule has 4 amide bonds. The molecule has 5 atom stereocenters. The lowest BCUT2D eigenvalue weighted by molar-refractivity contribution is -0.146. The maximum Gasteiger partial charge on any atom is 0.410 e. The number of amides is 4. The third-order valence-corrected chi connectivity index (χ3v) is 8.62. The van der Waals surface area contributed by atoms with Crippen molar-refractivity contribution in [2.24, 2.45) is 34.3 Å². The average Bonchev–Trinajstić information content (AvgIpc) is 3.76. The molecular formula is C27H42N4O7. The Kier molecular flexibility index (Phi) is 7.31. The number of alkyl carbamates (subject to hydrolysis) is 1. The van der Waals surface area contributed by atoms with E-state index in [1.54, 1.807) is 0 Å². The van der Waals surface area contributed by atoms with Gasteiger partial charge in [-0.25, -0.2) is 4.79 Å². The Bertz CT molecular complexity index is 1010. The summed E-state index contributed by atoms with van der Waals surface area (Å²) < 4.78 is 11.0. The highest BCUT2D eigenvalue weighted by Crippen LogP contribution is 2.65. The Morgan fingerprint density at radius 3 is 2.21 bits per heavy atom. The van der Waals surface area contributed by atoms with Gasteiger partial charge in [-0.15, -0.1) is 0 Å². The second-order valence-electron chi connectivity index (χ2n) is 13.0. The van der Waals surface area contributed by atoms with E-state index in [1.165, 1.54) is 4.90 Å². The summed E-state index contributed by atoms with van der Waals surface area (Å²) in [5.41, 5.74) is 4.41. The van der Waals surface area contributed by atoms with Gasteiger partial charge in [0.1, 0.15) is 12.1 Å². The van der Waals surface area contributed by atoms with E-state index in [0.29, 0.717) is 32.4 Å². The number of nitrogens with two attached hydrogens (primary N) is 1. The van der Waals surface area contributed by atoms with Crippen LogP contribution >= 0.6 is 0 Å². The topological polar surface area (TPSA) is 157 Å². The quantitative estimate of drug-likeness (QED) is 0.268. The van der Waals surface area contributed by atoms with Gasteiger partial charge in [0, 0.05) is 26.0 Å². The number of piperidine rings is 1. The Balaban J connectivity index is 1.52. The number of Topliss-reactive ketones (excluding diaryl/α,β-unsaturated/α-hetero) is 1. The summed E-state index contributed by atoms with van der Waals surface area (Å²) in [4.78, 5) is 66.0. The van der Waals surface area contributed by atoms with Crippen molar-refractivity contribution in [3.8, 4) is 0 Å². The number of primary amides is 1. The number of hydrogen-bond donors (Lipinski definition) is 3. The first-order valence-corrected chi connectivity index (χ1v) is 13.7. The molecule has 3 aliphatic carbocycles. The molecule has 38 heavy (non-hydrogen) atoms. The maximum absolute atomic E-state index is 13.9. The highest BCUT2D eigenvalue weighted by Gasteiger charge is 2.70. The zero-order valence-electron chi connectivity index (χ0n) is 23.3. The van der Waals surface area contributed by atoms with Crippen molar-refractivity contribution < 1.29 is 33.4 Å². The maximum atomic E-state index is 13.9. The fourth-order valence-corrected chi connectivity index (χ4v) is 5.93. The number of fused-ring (bicyclic) bond motifs is 1. The highest BCUT2D eigenvalue weighted by atomic mass is 16.7. The lowest BCUT2D eigenvalue weighted by Crippen LogP contribution is -2.60. The molecule has 1 aliphatic heterocycles. The smallest absolute Gasteiger partial charge is 0.410 e. The van der Waals surface area contributed by atoms with Gasteiger partial charge in [-0.05, 0) is 41.9 Å². The zero-order valence-corrected chi connectivity index (χ0v) is 23.3. The normalized spacial score (nSPS) is 27.9. The molecule has 212 valence electrons. The van der Waals surface area contributed by atoms with Gasteiger partial charge in [-0.3, -0.25) is 19.2 Å². The second-order valence-corrected chi connectivity index (χ2v) is 13.0. The van der Waals surface area contributed by atoms with Crippen LogP contribution in [0.15, 0.2) is 0 Å². The number of carbonyl (C=O) groups is 5. The molecule has 11 nitrogen and oxygen atoms in total. The van der Waals surface area contributed by atoms with Gasteiger partial charge in [-0.2, -0.15) is 0 Å². The van der Waals surface area contributed by atoms with Crippen molar-refractivity contribution >= 4 is 29.6 Å². The lowest BCUT2D eigenvalue weighted by atomic mass is 9.85. The van der Waals surface area contributed by atoms with Crippen LogP contribution in [-0.4, -0.2) is 71.6 Å². The predicted octanol–water partition coefficient (Wildman–Crippen LogP) is 1.48. The van der Waals surface area contributed by atoms with Gasteiger partial charge in [0.15, 0.2) is 0 Å². The number of likely N-dealkylation sites (tertiary alicyclic amines) is 1. The van der Waals surface area contributed by atoms with Crippen LogP contribution in [0.25, 0.3) is 0 Å². The molecular weight excluding hydrogens is 492 g/mol. The van der Waals surface area contributed by atoms with Gasteiger partial charge in [0.05, 0.1) is 6.04 Å². The fourth-order valence-electron chi connectivity index (χ4n) is 5.93. The molecule has 1 heterocycles. The van der Waals surface area contributed by atoms with Crippen LogP contribution in [-0.2, 0) is 28.7 Å². The minimum Gasteiger partial charge on any atom is -0.417 e. The van der Waals surface area contributed by atoms with E-state index >= 15 is 0 Å². The van der Waals surface area contributed by atoms with E-state index in [0.717, 1.165) is 12.8 Å². The predicted molar refractivity (Wildman–Crippen MR) is 136 cm³/mol. The van der Waals surface area contributed by atoms with Crippen LogP contribution in [0.2, 0.25) is 0 Å². The van der Waals surface area contributed by atoms with E-state index in [1.807, 2.05) is 27.7 Å². The van der Waals surface area contributed by atoms with Crippen molar-refractivity contribution in [1.82, 2.24) is 15.5 Å². The van der Waals surface area contributed by atoms with E-state index in [4.69, 9.17) is 15.2 Å². The first-order chi connectivity index (χ1) is 17.6. The number of rotatable bonds is 11. The number of ketones is 1. The van der Waals surface area contributed by atoms with E-state index in [9.17, 15) is 24.0 Å². The monoisotopic (exact) mass is 534 g/mol. The Morgan fingerprint density at radius 1 is 1.08 bits per heavy atom. The third-order valence-electron chi connectivity index (χ3n) is 8.62. The highest BCUT2D eigenvalue weighted by molar-refractivity contribution is 6.37. The molecule has 1 saturated heterocycles. The molecule has 11 heteroatoms. The summed E-state index contributed by atoms with van der Waals surface area (Å²) in [6.07, 6.45) is 2.67. The van der Waals surface area contributed by atoms with Crippen LogP contribution in [0.4, 0.5) is 4.79 Å². The summed E-state index contributed by atoms with van der Waals surface area (Å²) in [6, 6.07) is -2.80.